The second kappa shape index (κ2) is 9.20. The van der Waals surface area contributed by atoms with Crippen molar-refractivity contribution in [3.8, 4) is 22.8 Å². The number of imidazole rings is 1. The molecule has 0 saturated carbocycles. The maximum Gasteiger partial charge on any atom is 0.255 e. The summed E-state index contributed by atoms with van der Waals surface area (Å²) in [5.41, 5.74) is 11.0. The Labute approximate surface area is 192 Å². The highest BCUT2D eigenvalue weighted by atomic mass is 16.5. The number of primary amides is 1. The Balaban J connectivity index is 1.98. The smallest absolute Gasteiger partial charge is 0.255 e. The van der Waals surface area contributed by atoms with Gasteiger partial charge in [-0.2, -0.15) is 0 Å². The van der Waals surface area contributed by atoms with Gasteiger partial charge in [0.2, 0.25) is 5.78 Å². The second-order valence-corrected chi connectivity index (χ2v) is 7.76. The van der Waals surface area contributed by atoms with Gasteiger partial charge < -0.3 is 20.5 Å². The fourth-order valence-corrected chi connectivity index (χ4v) is 3.88. The van der Waals surface area contributed by atoms with Gasteiger partial charge in [-0.3, -0.25) is 9.20 Å². The Bertz CT molecular complexity index is 1310. The van der Waals surface area contributed by atoms with E-state index in [4.69, 9.17) is 20.2 Å². The molecule has 0 aliphatic heterocycles. The molecule has 0 saturated heterocycles. The van der Waals surface area contributed by atoms with Crippen LogP contribution in [0.15, 0.2) is 48.8 Å². The van der Waals surface area contributed by atoms with Gasteiger partial charge in [0.25, 0.3) is 5.91 Å². The van der Waals surface area contributed by atoms with E-state index in [9.17, 15) is 4.79 Å². The van der Waals surface area contributed by atoms with Crippen molar-refractivity contribution >= 4 is 23.2 Å². The molecule has 2 aromatic heterocycles. The monoisotopic (exact) mass is 445 g/mol. The molecule has 2 heterocycles. The quantitative estimate of drug-likeness (QED) is 0.421. The van der Waals surface area contributed by atoms with E-state index >= 15 is 0 Å². The second-order valence-electron chi connectivity index (χ2n) is 7.76. The van der Waals surface area contributed by atoms with Crippen LogP contribution in [0, 0.1) is 13.8 Å². The number of amides is 1. The largest absolute Gasteiger partial charge is 0.497 e. The Morgan fingerprint density at radius 1 is 1.18 bits per heavy atom. The number of methoxy groups -OCH3 is 1. The van der Waals surface area contributed by atoms with Gasteiger partial charge in [-0.1, -0.05) is 25.1 Å². The van der Waals surface area contributed by atoms with Crippen LogP contribution in [-0.2, 0) is 11.2 Å². The first-order valence-electron chi connectivity index (χ1n) is 10.7. The molecule has 0 spiro atoms. The first-order chi connectivity index (χ1) is 15.9. The van der Waals surface area contributed by atoms with Crippen LogP contribution in [-0.4, -0.2) is 34.0 Å². The topological polar surface area (TPSA) is 104 Å². The minimum atomic E-state index is -0.563. The van der Waals surface area contributed by atoms with Gasteiger partial charge in [0.1, 0.15) is 23.0 Å². The van der Waals surface area contributed by atoms with Crippen LogP contribution < -0.4 is 20.5 Å². The summed E-state index contributed by atoms with van der Waals surface area (Å²) in [6.07, 6.45) is 4.31. The Hall–Kier alpha value is -4.07. The van der Waals surface area contributed by atoms with E-state index in [1.165, 1.54) is 0 Å². The van der Waals surface area contributed by atoms with Crippen LogP contribution in [0.4, 0.5) is 11.5 Å². The minimum Gasteiger partial charge on any atom is -0.497 e. The molecule has 0 aliphatic carbocycles. The van der Waals surface area contributed by atoms with Gasteiger partial charge in [0, 0.05) is 29.7 Å². The third kappa shape index (κ3) is 4.32. The number of hydrogen-bond donors (Lipinski definition) is 2. The fourth-order valence-electron chi connectivity index (χ4n) is 3.88. The van der Waals surface area contributed by atoms with Crippen LogP contribution >= 0.6 is 0 Å². The van der Waals surface area contributed by atoms with Gasteiger partial charge in [-0.05, 0) is 49.1 Å². The third-order valence-electron chi connectivity index (χ3n) is 5.51. The summed E-state index contributed by atoms with van der Waals surface area (Å²) in [6.45, 7) is 5.91. The lowest BCUT2D eigenvalue weighted by Crippen LogP contribution is -2.20. The fraction of sp³-hybridized carbons (Fsp3) is 0.240. The number of carbonyl (C=O) groups excluding carboxylic acids is 1. The van der Waals surface area contributed by atoms with E-state index in [-0.39, 0.29) is 6.61 Å². The van der Waals surface area contributed by atoms with Crippen molar-refractivity contribution in [3.63, 3.8) is 0 Å². The molecule has 0 atom stereocenters. The molecule has 0 unspecified atom stereocenters. The lowest BCUT2D eigenvalue weighted by molar-refractivity contribution is -0.119. The van der Waals surface area contributed by atoms with E-state index in [1.807, 2.05) is 35.7 Å². The summed E-state index contributed by atoms with van der Waals surface area (Å²) in [7, 11) is 1.59. The molecule has 0 radical (unpaired) electrons. The molecule has 0 fully saturated rings. The van der Waals surface area contributed by atoms with Crippen LogP contribution in [0.25, 0.3) is 17.0 Å². The maximum absolute atomic E-state index is 11.5. The number of hydrogen-bond acceptors (Lipinski definition) is 6. The predicted octanol–water partition coefficient (Wildman–Crippen LogP) is 4.19. The number of aromatic nitrogens is 3. The SMILES string of the molecule is CCc1cc(OC)cc(OCC(N)=O)c1-c1nc2ncccn2c1Nc1c(C)cccc1C. The summed E-state index contributed by atoms with van der Waals surface area (Å²) in [4.78, 5) is 20.8. The molecule has 1 amide bonds. The Kier molecular flexibility index (Phi) is 6.17. The molecule has 4 rings (SSSR count). The highest BCUT2D eigenvalue weighted by Crippen LogP contribution is 2.42. The number of carbonyl (C=O) groups is 1. The first-order valence-corrected chi connectivity index (χ1v) is 10.7. The zero-order chi connectivity index (χ0) is 23.5. The summed E-state index contributed by atoms with van der Waals surface area (Å²) in [5, 5.41) is 3.58. The number of nitrogens with two attached hydrogens (primary N) is 1. The van der Waals surface area contributed by atoms with Gasteiger partial charge in [0.15, 0.2) is 6.61 Å². The molecule has 2 aromatic carbocycles. The third-order valence-corrected chi connectivity index (χ3v) is 5.51. The number of benzene rings is 2. The lowest BCUT2D eigenvalue weighted by Gasteiger charge is -2.18. The number of fused-ring (bicyclic) bond motifs is 1. The van der Waals surface area contributed by atoms with Crippen molar-refractivity contribution in [1.82, 2.24) is 14.4 Å². The molecule has 170 valence electrons. The van der Waals surface area contributed by atoms with Crippen molar-refractivity contribution in [3.05, 3.63) is 65.5 Å². The van der Waals surface area contributed by atoms with E-state index in [1.54, 1.807) is 19.4 Å². The van der Waals surface area contributed by atoms with Crippen molar-refractivity contribution in [1.29, 1.82) is 0 Å². The average molecular weight is 446 g/mol. The van der Waals surface area contributed by atoms with Gasteiger partial charge in [0.05, 0.1) is 7.11 Å². The van der Waals surface area contributed by atoms with E-state index in [2.05, 4.69) is 36.3 Å². The van der Waals surface area contributed by atoms with Gasteiger partial charge in [-0.25, -0.2) is 9.97 Å². The molecule has 8 nitrogen and oxygen atoms in total. The number of ether oxygens (including phenoxy) is 2. The number of rotatable bonds is 8. The standard InChI is InChI=1S/C25H27N5O3/c1-5-17-12-18(32-4)13-19(33-14-20(26)31)21(17)23-24(30-11-7-10-27-25(30)29-23)28-22-15(2)8-6-9-16(22)3/h6-13,28H,5,14H2,1-4H3,(H2,26,31). The van der Waals surface area contributed by atoms with Gasteiger partial charge >= 0.3 is 0 Å². The molecule has 4 aromatic rings. The number of nitrogens with zero attached hydrogens (tertiary/aromatic N) is 3. The van der Waals surface area contributed by atoms with Gasteiger partial charge in [-0.15, -0.1) is 0 Å². The van der Waals surface area contributed by atoms with Crippen molar-refractivity contribution in [2.45, 2.75) is 27.2 Å². The molecule has 33 heavy (non-hydrogen) atoms. The zero-order valence-corrected chi connectivity index (χ0v) is 19.2. The molecular formula is C25H27N5O3. The highest BCUT2D eigenvalue weighted by molar-refractivity contribution is 5.86. The number of para-hydroxylation sites is 1. The lowest BCUT2D eigenvalue weighted by atomic mass is 10.00. The minimum absolute atomic E-state index is 0.255. The van der Waals surface area contributed by atoms with Crippen LogP contribution in [0.5, 0.6) is 11.5 Å². The first kappa shape index (κ1) is 22.1. The number of aryl methyl sites for hydroxylation is 3. The molecular weight excluding hydrogens is 418 g/mol. The van der Waals surface area contributed by atoms with E-state index < -0.39 is 5.91 Å². The van der Waals surface area contributed by atoms with Crippen molar-refractivity contribution < 1.29 is 14.3 Å². The molecule has 0 bridgehead atoms. The maximum atomic E-state index is 11.5. The normalized spacial score (nSPS) is 10.9. The summed E-state index contributed by atoms with van der Waals surface area (Å²) >= 11 is 0. The molecule has 3 N–H and O–H groups in total. The zero-order valence-electron chi connectivity index (χ0n) is 19.2. The number of anilines is 2. The van der Waals surface area contributed by atoms with Crippen LogP contribution in [0.2, 0.25) is 0 Å². The van der Waals surface area contributed by atoms with Crippen molar-refractivity contribution in [2.75, 3.05) is 19.0 Å². The van der Waals surface area contributed by atoms with E-state index in [0.717, 1.165) is 33.8 Å². The summed E-state index contributed by atoms with van der Waals surface area (Å²) in [6, 6.07) is 11.7. The number of nitrogens with one attached hydrogen (secondary N) is 1. The van der Waals surface area contributed by atoms with Crippen LogP contribution in [0.3, 0.4) is 0 Å². The highest BCUT2D eigenvalue weighted by Gasteiger charge is 2.23. The molecule has 8 heteroatoms. The van der Waals surface area contributed by atoms with Crippen LogP contribution in [0.1, 0.15) is 23.6 Å². The van der Waals surface area contributed by atoms with Crippen molar-refractivity contribution in [2.24, 2.45) is 5.73 Å². The summed E-state index contributed by atoms with van der Waals surface area (Å²) in [5.74, 6) is 1.82. The average Bonchev–Trinajstić information content (AvgIpc) is 3.17. The molecule has 0 aliphatic rings. The summed E-state index contributed by atoms with van der Waals surface area (Å²) < 4.78 is 13.2. The Morgan fingerprint density at radius 3 is 2.61 bits per heavy atom. The predicted molar refractivity (Wildman–Crippen MR) is 128 cm³/mol. The van der Waals surface area contributed by atoms with E-state index in [0.29, 0.717) is 29.4 Å². The Morgan fingerprint density at radius 2 is 1.94 bits per heavy atom.